The minimum Gasteiger partial charge on any atom is -0.344 e. The van der Waals surface area contributed by atoms with Gasteiger partial charge in [-0.25, -0.2) is 9.37 Å². The van der Waals surface area contributed by atoms with Crippen LogP contribution in [-0.2, 0) is 6.42 Å². The zero-order valence-electron chi connectivity index (χ0n) is 17.5. The summed E-state index contributed by atoms with van der Waals surface area (Å²) in [5.41, 5.74) is 1.49. The van der Waals surface area contributed by atoms with Gasteiger partial charge >= 0.3 is 5.91 Å². The Kier molecular flexibility index (Phi) is 7.39. The molecule has 0 radical (unpaired) electrons. The Hall–Kier alpha value is -3.33. The predicted octanol–water partition coefficient (Wildman–Crippen LogP) is 3.20. The van der Waals surface area contributed by atoms with Crippen LogP contribution in [0.25, 0.3) is 0 Å². The van der Waals surface area contributed by atoms with Crippen molar-refractivity contribution in [3.05, 3.63) is 77.4 Å². The number of hydrogen-bond acceptors (Lipinski definition) is 7. The molecule has 2 heterocycles. The molecular weight excluding hydrogens is 429 g/mol. The summed E-state index contributed by atoms with van der Waals surface area (Å²) in [5, 5.41) is 8.54. The molecule has 164 valence electrons. The molecule has 1 aromatic heterocycles. The van der Waals surface area contributed by atoms with E-state index in [1.165, 1.54) is 23.7 Å². The molecule has 0 unspecified atom stereocenters. The molecule has 8 nitrogen and oxygen atoms in total. The van der Waals surface area contributed by atoms with Crippen LogP contribution in [0.3, 0.4) is 0 Å². The van der Waals surface area contributed by atoms with Gasteiger partial charge in [0.05, 0.1) is 0 Å². The summed E-state index contributed by atoms with van der Waals surface area (Å²) >= 11 is 1.40. The van der Waals surface area contributed by atoms with Gasteiger partial charge in [-0.1, -0.05) is 30.3 Å². The molecule has 10 heteroatoms. The second-order valence-electron chi connectivity index (χ2n) is 7.35. The van der Waals surface area contributed by atoms with Crippen LogP contribution in [0.2, 0.25) is 0 Å². The van der Waals surface area contributed by atoms with E-state index in [1.54, 1.807) is 36.4 Å². The van der Waals surface area contributed by atoms with Crippen molar-refractivity contribution in [3.8, 4) is 0 Å². The molecule has 0 bridgehead atoms. The quantitative estimate of drug-likeness (QED) is 0.406. The molecular formula is C22H23FN7OS+. The van der Waals surface area contributed by atoms with Crippen molar-refractivity contribution < 1.29 is 9.18 Å². The van der Waals surface area contributed by atoms with Crippen LogP contribution in [0.5, 0.6) is 0 Å². The van der Waals surface area contributed by atoms with Crippen molar-refractivity contribution in [2.24, 2.45) is 10.2 Å². The van der Waals surface area contributed by atoms with E-state index < -0.39 is 0 Å². The third-order valence-electron chi connectivity index (χ3n) is 5.11. The maximum atomic E-state index is 13.0. The Labute approximate surface area is 189 Å². The largest absolute Gasteiger partial charge is 0.360 e. The molecule has 0 N–H and O–H groups in total. The van der Waals surface area contributed by atoms with Gasteiger partial charge in [-0.15, -0.1) is 0 Å². The highest BCUT2D eigenvalue weighted by atomic mass is 32.1. The second-order valence-corrected chi connectivity index (χ2v) is 8.08. The van der Waals surface area contributed by atoms with Gasteiger partial charge < -0.3 is 4.90 Å². The Morgan fingerprint density at radius 2 is 1.81 bits per heavy atom. The van der Waals surface area contributed by atoms with Gasteiger partial charge in [0.15, 0.2) is 0 Å². The van der Waals surface area contributed by atoms with Gasteiger partial charge in [0.2, 0.25) is 15.2 Å². The maximum Gasteiger partial charge on any atom is 0.360 e. The lowest BCUT2D eigenvalue weighted by Crippen LogP contribution is -2.47. The lowest BCUT2D eigenvalue weighted by atomic mass is 10.1. The molecule has 0 spiro atoms. The van der Waals surface area contributed by atoms with Crippen LogP contribution in [-0.4, -0.2) is 59.4 Å². The molecule has 4 rings (SSSR count). The van der Waals surface area contributed by atoms with Crippen LogP contribution in [0.1, 0.15) is 21.7 Å². The number of nitrogens with zero attached hydrogens (tertiary/aromatic N) is 7. The molecule has 0 aliphatic carbocycles. The molecule has 0 atom stereocenters. The number of carbonyl (C=O) groups excluding carboxylic acids is 1. The summed E-state index contributed by atoms with van der Waals surface area (Å²) in [7, 11) is 0. The first-order chi connectivity index (χ1) is 15.7. The number of rotatable bonds is 7. The highest BCUT2D eigenvalue weighted by Crippen LogP contribution is 2.20. The standard InChI is InChI=1S/C22H23FN7OS/c23-19-8-6-17(7-9-19)16-20-25-22(32-27-20)30-14-12-29(13-15-30)11-10-24-28-26-21(31)18-4-2-1-3-5-18/h1-9H,10-16H2/q+1. The number of benzene rings is 2. The van der Waals surface area contributed by atoms with E-state index in [1.807, 2.05) is 6.07 Å². The van der Waals surface area contributed by atoms with Gasteiger partial charge in [-0.3, -0.25) is 9.69 Å². The number of halogens is 1. The third kappa shape index (κ3) is 6.10. The SMILES string of the molecule is O=C(N=[N+]=NCCN1CCN(c2nc(Cc3ccc(F)cc3)ns2)CC1)c1ccccc1. The maximum absolute atomic E-state index is 13.0. The zero-order valence-corrected chi connectivity index (χ0v) is 18.3. The van der Waals surface area contributed by atoms with Crippen LogP contribution >= 0.6 is 11.5 Å². The summed E-state index contributed by atoms with van der Waals surface area (Å²) in [4.78, 5) is 24.7. The summed E-state index contributed by atoms with van der Waals surface area (Å²) in [6.45, 7) is 4.76. The van der Waals surface area contributed by atoms with E-state index in [2.05, 4.69) is 34.3 Å². The number of aromatic nitrogens is 2. The third-order valence-corrected chi connectivity index (χ3v) is 5.93. The molecule has 1 aliphatic rings. The fourth-order valence-corrected chi connectivity index (χ4v) is 4.07. The van der Waals surface area contributed by atoms with Crippen molar-refractivity contribution >= 4 is 22.6 Å². The van der Waals surface area contributed by atoms with Crippen molar-refractivity contribution in [2.75, 3.05) is 44.2 Å². The van der Waals surface area contributed by atoms with E-state index in [0.717, 1.165) is 49.2 Å². The van der Waals surface area contributed by atoms with Gasteiger partial charge in [-0.05, 0) is 29.8 Å². The minimum atomic E-state index is -0.390. The second kappa shape index (κ2) is 10.8. The number of amides is 1. The number of carbonyl (C=O) groups is 1. The van der Waals surface area contributed by atoms with E-state index >= 15 is 0 Å². The predicted molar refractivity (Wildman–Crippen MR) is 120 cm³/mol. The lowest BCUT2D eigenvalue weighted by molar-refractivity contribution is 0.0992. The first-order valence-electron chi connectivity index (χ1n) is 10.4. The average Bonchev–Trinajstić information content (AvgIpc) is 3.30. The first kappa shape index (κ1) is 21.9. The molecule has 1 aliphatic heterocycles. The summed E-state index contributed by atoms with van der Waals surface area (Å²) in [5.74, 6) is 0.127. The molecule has 2 aromatic carbocycles. The van der Waals surface area contributed by atoms with E-state index in [-0.39, 0.29) is 11.7 Å². The van der Waals surface area contributed by atoms with Crippen LogP contribution < -0.4 is 9.81 Å². The summed E-state index contributed by atoms with van der Waals surface area (Å²) < 4.78 is 17.5. The van der Waals surface area contributed by atoms with Gasteiger partial charge in [0, 0.05) is 56.2 Å². The highest BCUT2D eigenvalue weighted by Gasteiger charge is 2.20. The van der Waals surface area contributed by atoms with Crippen LogP contribution in [0, 0.1) is 5.82 Å². The molecule has 32 heavy (non-hydrogen) atoms. The summed E-state index contributed by atoms with van der Waals surface area (Å²) in [6.07, 6.45) is 0.597. The molecule has 1 saturated heterocycles. The smallest absolute Gasteiger partial charge is 0.344 e. The minimum absolute atomic E-state index is 0.241. The van der Waals surface area contributed by atoms with Gasteiger partial charge in [0.1, 0.15) is 23.3 Å². The van der Waals surface area contributed by atoms with E-state index in [9.17, 15) is 9.18 Å². The Morgan fingerprint density at radius 3 is 2.56 bits per heavy atom. The monoisotopic (exact) mass is 452 g/mol. The molecule has 0 saturated carbocycles. The fourth-order valence-electron chi connectivity index (χ4n) is 3.33. The van der Waals surface area contributed by atoms with Gasteiger partial charge in [0.25, 0.3) is 0 Å². The highest BCUT2D eigenvalue weighted by molar-refractivity contribution is 7.09. The fraction of sp³-hybridized carbons (Fsp3) is 0.318. The number of piperazine rings is 1. The van der Waals surface area contributed by atoms with Crippen molar-refractivity contribution in [1.29, 1.82) is 0 Å². The number of hydrogen-bond donors (Lipinski definition) is 0. The van der Waals surface area contributed by atoms with Crippen molar-refractivity contribution in [1.82, 2.24) is 19.2 Å². The van der Waals surface area contributed by atoms with Crippen LogP contribution in [0.15, 0.2) is 64.8 Å². The zero-order chi connectivity index (χ0) is 22.2. The normalized spacial score (nSPS) is 14.1. The average molecular weight is 453 g/mol. The lowest BCUT2D eigenvalue weighted by Gasteiger charge is -2.33. The Balaban J connectivity index is 1.20. The van der Waals surface area contributed by atoms with E-state index in [4.69, 9.17) is 0 Å². The Bertz CT molecular complexity index is 1090. The molecule has 1 fully saturated rings. The van der Waals surface area contributed by atoms with Gasteiger partial charge in [-0.2, -0.15) is 4.37 Å². The Morgan fingerprint density at radius 1 is 1.06 bits per heavy atom. The van der Waals surface area contributed by atoms with Crippen molar-refractivity contribution in [3.63, 3.8) is 0 Å². The first-order valence-corrected chi connectivity index (χ1v) is 11.2. The molecule has 1 amide bonds. The number of anilines is 1. The molecule has 3 aromatic rings. The topological polar surface area (TPSA) is 88.2 Å². The summed E-state index contributed by atoms with van der Waals surface area (Å²) in [6, 6.07) is 15.2. The van der Waals surface area contributed by atoms with Crippen molar-refractivity contribution in [2.45, 2.75) is 6.42 Å². The van der Waals surface area contributed by atoms with E-state index in [0.29, 0.717) is 18.5 Å². The van der Waals surface area contributed by atoms with Crippen LogP contribution in [0.4, 0.5) is 9.52 Å².